The number of hydrogen-bond acceptors (Lipinski definition) is 16. The first-order chi connectivity index (χ1) is 22.5. The third-order valence-corrected chi connectivity index (χ3v) is 9.86. The van der Waals surface area contributed by atoms with Crippen molar-refractivity contribution in [2.45, 2.75) is 18.3 Å². The standard InChI is InChI=1S/C26H22N10O8S3/c1-11-5-16(36-15(29-11)7-34(33-36)26(42)43)45-8-13-9-46-22-18(21(38)35(22)19(13)23(39)40)31-20(37)17(14-10-47-25(27)30-14)32-44-24(41)12-3-2-4-28-6-12/h2-7,10,18,22,33H,8-9H2,1H3,(H2,27,30)(H,31,37)(H,39,40)(H,42,43)/t18-,22-/m1/s1. The van der Waals surface area contributed by atoms with Crippen molar-refractivity contribution in [1.29, 1.82) is 0 Å². The number of amides is 3. The molecule has 6 rings (SSSR count). The number of thiazole rings is 1. The van der Waals surface area contributed by atoms with E-state index in [4.69, 9.17) is 10.6 Å². The summed E-state index contributed by atoms with van der Waals surface area (Å²) in [6.07, 6.45) is 4.49. The second-order valence-electron chi connectivity index (χ2n) is 9.85. The Morgan fingerprint density at radius 1 is 1.30 bits per heavy atom. The van der Waals surface area contributed by atoms with E-state index in [-0.39, 0.29) is 33.6 Å². The van der Waals surface area contributed by atoms with Gasteiger partial charge in [-0.25, -0.2) is 29.4 Å². The van der Waals surface area contributed by atoms with Gasteiger partial charge in [-0.1, -0.05) is 5.16 Å². The normalized spacial score (nSPS) is 20.4. The maximum atomic E-state index is 13.4. The molecule has 0 spiro atoms. The number of anilines is 1. The first-order valence-corrected chi connectivity index (χ1v) is 16.2. The van der Waals surface area contributed by atoms with Crippen molar-refractivity contribution in [1.82, 2.24) is 35.7 Å². The summed E-state index contributed by atoms with van der Waals surface area (Å²) < 4.78 is 0. The molecule has 2 aromatic heterocycles. The van der Waals surface area contributed by atoms with Crippen molar-refractivity contribution < 1.29 is 39.0 Å². The molecule has 6 N–H and O–H groups in total. The number of hydrazine groups is 2. The van der Waals surface area contributed by atoms with E-state index < -0.39 is 47.0 Å². The summed E-state index contributed by atoms with van der Waals surface area (Å²) in [6, 6.07) is 1.85. The van der Waals surface area contributed by atoms with E-state index in [0.717, 1.165) is 21.2 Å². The third-order valence-electron chi connectivity index (χ3n) is 6.76. The van der Waals surface area contributed by atoms with Crippen molar-refractivity contribution >= 4 is 81.3 Å². The highest BCUT2D eigenvalue weighted by molar-refractivity contribution is 8.03. The van der Waals surface area contributed by atoms with Crippen molar-refractivity contribution in [3.8, 4) is 0 Å². The molecule has 1 fully saturated rings. The predicted octanol–water partition coefficient (Wildman–Crippen LogP) is 0.983. The molecule has 0 aliphatic carbocycles. The molecule has 0 saturated carbocycles. The Bertz CT molecular complexity index is 1860. The Morgan fingerprint density at radius 3 is 2.79 bits per heavy atom. The lowest BCUT2D eigenvalue weighted by molar-refractivity contribution is -0.150. The summed E-state index contributed by atoms with van der Waals surface area (Å²) in [5.41, 5.74) is 8.92. The molecular weight excluding hydrogens is 677 g/mol. The fourth-order valence-corrected chi connectivity index (χ4v) is 7.75. The monoisotopic (exact) mass is 698 g/mol. The van der Waals surface area contributed by atoms with E-state index in [1.54, 1.807) is 13.0 Å². The van der Waals surface area contributed by atoms with E-state index >= 15 is 0 Å². The number of pyridine rings is 1. The number of hydrogen-bond donors (Lipinski definition) is 5. The summed E-state index contributed by atoms with van der Waals surface area (Å²) in [5, 5.41) is 29.4. The van der Waals surface area contributed by atoms with Gasteiger partial charge in [-0.2, -0.15) is 5.01 Å². The first kappa shape index (κ1) is 31.7. The van der Waals surface area contributed by atoms with Gasteiger partial charge in [0.1, 0.15) is 22.8 Å². The van der Waals surface area contributed by atoms with Crippen LogP contribution in [-0.4, -0.2) is 99.3 Å². The largest absolute Gasteiger partial charge is 0.477 e. The minimum atomic E-state index is -1.32. The van der Waals surface area contributed by atoms with Crippen LogP contribution in [0, 0.1) is 0 Å². The van der Waals surface area contributed by atoms with Crippen LogP contribution >= 0.6 is 34.9 Å². The van der Waals surface area contributed by atoms with Crippen LogP contribution in [0.25, 0.3) is 0 Å². The molecule has 3 amide bonds. The topological polar surface area (TPSA) is 245 Å². The summed E-state index contributed by atoms with van der Waals surface area (Å²) in [4.78, 5) is 81.2. The lowest BCUT2D eigenvalue weighted by atomic mass is 10.0. The zero-order chi connectivity index (χ0) is 33.4. The second-order valence-corrected chi connectivity index (χ2v) is 12.8. The van der Waals surface area contributed by atoms with Gasteiger partial charge in [-0.05, 0) is 30.7 Å². The molecule has 0 aromatic carbocycles. The van der Waals surface area contributed by atoms with Crippen LogP contribution in [0.3, 0.4) is 0 Å². The molecule has 2 atom stereocenters. The Balaban J connectivity index is 1.16. The first-order valence-electron chi connectivity index (χ1n) is 13.3. The summed E-state index contributed by atoms with van der Waals surface area (Å²) in [6.45, 7) is 1.74. The lowest BCUT2D eigenvalue weighted by Crippen LogP contribution is -2.71. The van der Waals surface area contributed by atoms with E-state index in [0.29, 0.717) is 22.1 Å². The van der Waals surface area contributed by atoms with E-state index in [1.807, 2.05) is 0 Å². The minimum Gasteiger partial charge on any atom is -0.477 e. The van der Waals surface area contributed by atoms with Crippen molar-refractivity contribution in [2.75, 3.05) is 17.2 Å². The van der Waals surface area contributed by atoms with E-state index in [2.05, 4.69) is 31.0 Å². The van der Waals surface area contributed by atoms with Crippen LogP contribution in [0.5, 0.6) is 0 Å². The molecule has 0 unspecified atom stereocenters. The zero-order valence-corrected chi connectivity index (χ0v) is 26.3. The molecule has 21 heteroatoms. The number of oxime groups is 1. The van der Waals surface area contributed by atoms with Gasteiger partial charge in [0.2, 0.25) is 0 Å². The van der Waals surface area contributed by atoms with Crippen molar-refractivity contribution in [2.24, 2.45) is 10.1 Å². The average Bonchev–Trinajstić information content (AvgIpc) is 3.68. The van der Waals surface area contributed by atoms with Gasteiger partial charge < -0.3 is 26.1 Å². The molecular formula is C26H22N10O8S3. The number of aliphatic carboxylic acids is 1. The summed E-state index contributed by atoms with van der Waals surface area (Å²) in [5.74, 6) is -3.05. The van der Waals surface area contributed by atoms with Crippen LogP contribution in [0.1, 0.15) is 23.0 Å². The molecule has 1 saturated heterocycles. The number of nitrogens with one attached hydrogen (secondary N) is 2. The quantitative estimate of drug-likeness (QED) is 0.106. The van der Waals surface area contributed by atoms with Crippen LogP contribution in [-0.2, 0) is 19.2 Å². The number of β-lactam (4-membered cyclic amide) rings is 1. The molecule has 4 aliphatic rings. The van der Waals surface area contributed by atoms with Crippen LogP contribution in [0.4, 0.5) is 9.93 Å². The SMILES string of the molecule is CC1=NC2=CN(C(=O)O)NN2C(SCC2=C(C(=O)O)N3C(=O)[C@@H](NC(=O)C(=NOC(=O)c4cccnc4)c4csc(N)n4)[C@H]3SC2)=C1. The van der Waals surface area contributed by atoms with Crippen molar-refractivity contribution in [3.05, 3.63) is 75.6 Å². The number of nitrogens with zero attached hydrogens (tertiary/aromatic N) is 7. The summed E-state index contributed by atoms with van der Waals surface area (Å²) >= 11 is 3.50. The number of nitrogens with two attached hydrogens (primary N) is 1. The highest BCUT2D eigenvalue weighted by Gasteiger charge is 2.54. The highest BCUT2D eigenvalue weighted by atomic mass is 32.2. The highest BCUT2D eigenvalue weighted by Crippen LogP contribution is 2.42. The number of allylic oxidation sites excluding steroid dienone is 1. The third kappa shape index (κ3) is 6.27. The van der Waals surface area contributed by atoms with Gasteiger partial charge in [0.15, 0.2) is 16.7 Å². The van der Waals surface area contributed by atoms with Gasteiger partial charge in [0, 0.05) is 35.0 Å². The van der Waals surface area contributed by atoms with E-state index in [9.17, 15) is 34.2 Å². The molecule has 47 heavy (non-hydrogen) atoms. The Labute approximate surface area is 276 Å². The van der Waals surface area contributed by atoms with Gasteiger partial charge in [0.25, 0.3) is 11.8 Å². The zero-order valence-electron chi connectivity index (χ0n) is 23.9. The number of nitrogen functional groups attached to an aromatic ring is 1. The molecule has 0 bridgehead atoms. The number of rotatable bonds is 9. The molecule has 4 aliphatic heterocycles. The van der Waals surface area contributed by atoms with Gasteiger partial charge in [-0.3, -0.25) is 19.5 Å². The summed E-state index contributed by atoms with van der Waals surface area (Å²) in [7, 11) is 0. The number of carboxylic acids is 1. The molecule has 18 nitrogen and oxygen atoms in total. The number of carboxylic acid groups (broad SMARTS) is 2. The number of fused-ring (bicyclic) bond motifs is 2. The molecule has 0 radical (unpaired) electrons. The Morgan fingerprint density at radius 2 is 2.11 bits per heavy atom. The van der Waals surface area contributed by atoms with Crippen molar-refractivity contribution in [3.63, 3.8) is 0 Å². The maximum Gasteiger partial charge on any atom is 0.427 e. The average molecular weight is 699 g/mol. The van der Waals surface area contributed by atoms with Crippen LogP contribution in [0.2, 0.25) is 0 Å². The lowest BCUT2D eigenvalue weighted by Gasteiger charge is -2.49. The van der Waals surface area contributed by atoms with Gasteiger partial charge in [0.05, 0.1) is 16.8 Å². The van der Waals surface area contributed by atoms with Gasteiger partial charge >= 0.3 is 18.0 Å². The number of aromatic nitrogens is 2. The minimum absolute atomic E-state index is 0.00335. The molecule has 2 aromatic rings. The van der Waals surface area contributed by atoms with Crippen LogP contribution in [0.15, 0.2) is 74.5 Å². The number of carbonyl (C=O) groups excluding carboxylic acids is 3. The fraction of sp³-hybridized carbons (Fsp3) is 0.192. The number of aliphatic imine (C=N–C) groups is 1. The molecule has 6 heterocycles. The van der Waals surface area contributed by atoms with Gasteiger partial charge in [-0.15, -0.1) is 40.4 Å². The predicted molar refractivity (Wildman–Crippen MR) is 169 cm³/mol. The van der Waals surface area contributed by atoms with E-state index in [1.165, 1.54) is 64.6 Å². The molecule has 242 valence electrons. The smallest absolute Gasteiger partial charge is 0.427 e. The Kier molecular flexibility index (Phi) is 8.68. The number of thioether (sulfide) groups is 2. The number of carbonyl (C=O) groups is 5. The second kappa shape index (κ2) is 12.9. The Hall–Kier alpha value is -5.25. The maximum absolute atomic E-state index is 13.4. The fourth-order valence-electron chi connectivity index (χ4n) is 4.65. The van der Waals surface area contributed by atoms with Crippen LogP contribution < -0.4 is 16.6 Å².